The molecular formula is C8H3ClFIO. The minimum Gasteiger partial charge on any atom is -0.462 e. The number of hydrogen-bond acceptors (Lipinski definition) is 1. The van der Waals surface area contributed by atoms with Crippen LogP contribution in [0, 0.1) is 9.39 Å². The summed E-state index contributed by atoms with van der Waals surface area (Å²) in [6.07, 6.45) is 1.55. The fourth-order valence-corrected chi connectivity index (χ4v) is 1.77. The Hall–Kier alpha value is -0.290. The number of furan rings is 1. The summed E-state index contributed by atoms with van der Waals surface area (Å²) in [6.45, 7) is 0. The summed E-state index contributed by atoms with van der Waals surface area (Å²) in [5, 5.41) is 0.900. The second-order valence-corrected chi connectivity index (χ2v) is 3.86. The molecule has 1 aromatic carbocycles. The highest BCUT2D eigenvalue weighted by molar-refractivity contribution is 14.1. The summed E-state index contributed by atoms with van der Waals surface area (Å²) in [6, 6.07) is 2.99. The van der Waals surface area contributed by atoms with Crippen LogP contribution in [0.25, 0.3) is 11.0 Å². The first-order chi connectivity index (χ1) is 5.70. The van der Waals surface area contributed by atoms with E-state index in [-0.39, 0.29) is 5.02 Å². The van der Waals surface area contributed by atoms with Crippen LogP contribution in [0.15, 0.2) is 22.8 Å². The maximum atomic E-state index is 12.9. The zero-order valence-corrected chi connectivity index (χ0v) is 8.69. The lowest BCUT2D eigenvalue weighted by atomic mass is 10.2. The Morgan fingerprint density at radius 2 is 2.17 bits per heavy atom. The van der Waals surface area contributed by atoms with Gasteiger partial charge in [0.05, 0.1) is 3.57 Å². The second kappa shape index (κ2) is 2.88. The Bertz CT molecular complexity index is 438. The predicted molar refractivity (Wildman–Crippen MR) is 53.9 cm³/mol. The second-order valence-electron chi connectivity index (χ2n) is 2.32. The van der Waals surface area contributed by atoms with E-state index in [2.05, 4.69) is 22.6 Å². The van der Waals surface area contributed by atoms with E-state index in [1.54, 1.807) is 12.3 Å². The minimum absolute atomic E-state index is 0.0513. The molecule has 4 heteroatoms. The quantitative estimate of drug-likeness (QED) is 0.673. The standard InChI is InChI=1S/C8H3ClFIO/c9-7-5(10)2-1-4-6(11)3-12-8(4)7/h1-3H. The van der Waals surface area contributed by atoms with E-state index in [1.807, 2.05) is 0 Å². The number of rotatable bonds is 0. The molecule has 1 aromatic heterocycles. The van der Waals surface area contributed by atoms with Crippen LogP contribution in [-0.2, 0) is 0 Å². The number of hydrogen-bond donors (Lipinski definition) is 0. The molecule has 0 spiro atoms. The zero-order chi connectivity index (χ0) is 8.72. The van der Waals surface area contributed by atoms with Gasteiger partial charge >= 0.3 is 0 Å². The Morgan fingerprint density at radius 1 is 1.42 bits per heavy atom. The highest BCUT2D eigenvalue weighted by atomic mass is 127. The van der Waals surface area contributed by atoms with Crippen molar-refractivity contribution < 1.29 is 8.81 Å². The van der Waals surface area contributed by atoms with E-state index >= 15 is 0 Å². The van der Waals surface area contributed by atoms with Gasteiger partial charge in [0.15, 0.2) is 5.58 Å². The lowest BCUT2D eigenvalue weighted by molar-refractivity contribution is 0.598. The molecule has 62 valence electrons. The fraction of sp³-hybridized carbons (Fsp3) is 0. The molecule has 0 aliphatic carbocycles. The van der Waals surface area contributed by atoms with Crippen LogP contribution >= 0.6 is 34.2 Å². The molecule has 0 N–H and O–H groups in total. The normalized spacial score (nSPS) is 10.9. The van der Waals surface area contributed by atoms with Crippen molar-refractivity contribution in [2.24, 2.45) is 0 Å². The van der Waals surface area contributed by atoms with Crippen molar-refractivity contribution in [1.29, 1.82) is 0 Å². The molecule has 1 heterocycles. The molecule has 1 nitrogen and oxygen atoms in total. The van der Waals surface area contributed by atoms with Gasteiger partial charge < -0.3 is 4.42 Å². The third-order valence-corrected chi connectivity index (χ3v) is 2.78. The van der Waals surface area contributed by atoms with Crippen molar-refractivity contribution in [1.82, 2.24) is 0 Å². The molecule has 0 amide bonds. The maximum Gasteiger partial charge on any atom is 0.156 e. The third kappa shape index (κ3) is 1.11. The number of halogens is 3. The van der Waals surface area contributed by atoms with Gasteiger partial charge in [0, 0.05) is 5.39 Å². The molecule has 12 heavy (non-hydrogen) atoms. The largest absolute Gasteiger partial charge is 0.462 e. The van der Waals surface area contributed by atoms with E-state index in [9.17, 15) is 4.39 Å². The predicted octanol–water partition coefficient (Wildman–Crippen LogP) is 3.83. The summed E-state index contributed by atoms with van der Waals surface area (Å²) < 4.78 is 18.9. The van der Waals surface area contributed by atoms with Crippen LogP contribution in [0.5, 0.6) is 0 Å². The average molecular weight is 296 g/mol. The average Bonchev–Trinajstić information content (AvgIpc) is 2.41. The molecule has 2 aromatic rings. The van der Waals surface area contributed by atoms with Gasteiger partial charge in [-0.3, -0.25) is 0 Å². The van der Waals surface area contributed by atoms with Gasteiger partial charge in [-0.1, -0.05) is 11.6 Å². The van der Waals surface area contributed by atoms with Crippen LogP contribution in [0.3, 0.4) is 0 Å². The Morgan fingerprint density at radius 3 is 2.92 bits per heavy atom. The summed E-state index contributed by atoms with van der Waals surface area (Å²) in [4.78, 5) is 0. The van der Waals surface area contributed by atoms with Crippen molar-refractivity contribution in [3.05, 3.63) is 32.8 Å². The van der Waals surface area contributed by atoms with Crippen molar-refractivity contribution >= 4 is 45.2 Å². The monoisotopic (exact) mass is 296 g/mol. The lowest BCUT2D eigenvalue weighted by Gasteiger charge is -1.93. The van der Waals surface area contributed by atoms with E-state index < -0.39 is 5.82 Å². The van der Waals surface area contributed by atoms with Crippen LogP contribution in [0.1, 0.15) is 0 Å². The summed E-state index contributed by atoms with van der Waals surface area (Å²) >= 11 is 7.77. The smallest absolute Gasteiger partial charge is 0.156 e. The van der Waals surface area contributed by atoms with Crippen LogP contribution < -0.4 is 0 Å². The van der Waals surface area contributed by atoms with Crippen molar-refractivity contribution in [2.75, 3.05) is 0 Å². The van der Waals surface area contributed by atoms with Crippen molar-refractivity contribution in [2.45, 2.75) is 0 Å². The number of fused-ring (bicyclic) bond motifs is 1. The van der Waals surface area contributed by atoms with Crippen molar-refractivity contribution in [3.63, 3.8) is 0 Å². The summed E-state index contributed by atoms with van der Waals surface area (Å²) in [7, 11) is 0. The zero-order valence-electron chi connectivity index (χ0n) is 5.77. The van der Waals surface area contributed by atoms with Gasteiger partial charge in [-0.2, -0.15) is 0 Å². The molecule has 0 saturated carbocycles. The van der Waals surface area contributed by atoms with Gasteiger partial charge in [0.2, 0.25) is 0 Å². The Balaban J connectivity index is 2.93. The molecule has 0 saturated heterocycles. The first kappa shape index (κ1) is 8.31. The van der Waals surface area contributed by atoms with Crippen LogP contribution in [-0.4, -0.2) is 0 Å². The third-order valence-electron chi connectivity index (χ3n) is 1.59. The Kier molecular flexibility index (Phi) is 2.00. The molecule has 0 atom stereocenters. The highest BCUT2D eigenvalue weighted by Gasteiger charge is 2.10. The molecule has 0 bridgehead atoms. The molecule has 0 aliphatic rings. The van der Waals surface area contributed by atoms with Gasteiger partial charge in [0.25, 0.3) is 0 Å². The van der Waals surface area contributed by atoms with Crippen LogP contribution in [0.2, 0.25) is 5.02 Å². The minimum atomic E-state index is -0.449. The summed E-state index contributed by atoms with van der Waals surface area (Å²) in [5.41, 5.74) is 0.418. The maximum absolute atomic E-state index is 12.9. The molecule has 2 rings (SSSR count). The molecule has 0 radical (unpaired) electrons. The number of benzene rings is 1. The van der Waals surface area contributed by atoms with E-state index in [0.717, 1.165) is 8.96 Å². The van der Waals surface area contributed by atoms with E-state index in [0.29, 0.717) is 5.58 Å². The van der Waals surface area contributed by atoms with Gasteiger partial charge in [-0.25, -0.2) is 4.39 Å². The SMILES string of the molecule is Fc1ccc2c(I)coc2c1Cl. The van der Waals surface area contributed by atoms with E-state index in [4.69, 9.17) is 16.0 Å². The first-order valence-corrected chi connectivity index (χ1v) is 4.66. The lowest BCUT2D eigenvalue weighted by Crippen LogP contribution is -1.76. The Labute approximate surface area is 86.6 Å². The molecular weight excluding hydrogens is 293 g/mol. The highest BCUT2D eigenvalue weighted by Crippen LogP contribution is 2.30. The van der Waals surface area contributed by atoms with Crippen LogP contribution in [0.4, 0.5) is 4.39 Å². The van der Waals surface area contributed by atoms with Gasteiger partial charge in [-0.05, 0) is 34.7 Å². The van der Waals surface area contributed by atoms with Crippen molar-refractivity contribution in [3.8, 4) is 0 Å². The topological polar surface area (TPSA) is 13.1 Å². The van der Waals surface area contributed by atoms with E-state index in [1.165, 1.54) is 6.07 Å². The molecule has 0 aliphatic heterocycles. The summed E-state index contributed by atoms with van der Waals surface area (Å²) in [5.74, 6) is -0.449. The fourth-order valence-electron chi connectivity index (χ4n) is 1.01. The molecule has 0 unspecified atom stereocenters. The molecule has 0 fully saturated rings. The van der Waals surface area contributed by atoms with Gasteiger partial charge in [0.1, 0.15) is 17.1 Å². The first-order valence-electron chi connectivity index (χ1n) is 3.21. The van der Waals surface area contributed by atoms with Gasteiger partial charge in [-0.15, -0.1) is 0 Å².